The monoisotopic (exact) mass is 211 g/mol. The van der Waals surface area contributed by atoms with E-state index in [2.05, 4.69) is 0 Å². The highest BCUT2D eigenvalue weighted by Gasteiger charge is 2.63. The standard InChI is InChI=1S/C11H16O4/c1-10(2)6-4-5-11(10,3)7(8(12)13)15-9(6)14/h6-7H,4-5H2,1-3H3,(H,12,13)/p-1/t6-,7+,11-/m1/s1. The number of carboxylic acids is 1. The van der Waals surface area contributed by atoms with Gasteiger partial charge in [0.25, 0.3) is 0 Å². The number of hydrogen-bond acceptors (Lipinski definition) is 4. The minimum absolute atomic E-state index is 0.168. The summed E-state index contributed by atoms with van der Waals surface area (Å²) in [6.45, 7) is 5.77. The molecule has 1 aliphatic heterocycles. The number of fused-ring (bicyclic) bond motifs is 2. The lowest BCUT2D eigenvalue weighted by Gasteiger charge is -2.49. The lowest BCUT2D eigenvalue weighted by atomic mass is 9.61. The second kappa shape index (κ2) is 2.74. The zero-order chi connectivity index (χ0) is 11.4. The van der Waals surface area contributed by atoms with E-state index in [4.69, 9.17) is 4.74 Å². The van der Waals surface area contributed by atoms with Gasteiger partial charge < -0.3 is 14.6 Å². The van der Waals surface area contributed by atoms with Gasteiger partial charge in [-0.25, -0.2) is 0 Å². The molecule has 0 radical (unpaired) electrons. The number of aliphatic carboxylic acids is 1. The van der Waals surface area contributed by atoms with Crippen molar-refractivity contribution in [2.45, 2.75) is 39.7 Å². The van der Waals surface area contributed by atoms with E-state index in [1.807, 2.05) is 20.8 Å². The summed E-state index contributed by atoms with van der Waals surface area (Å²) in [7, 11) is 0. The van der Waals surface area contributed by atoms with Crippen LogP contribution in [-0.4, -0.2) is 18.0 Å². The van der Waals surface area contributed by atoms with Crippen molar-refractivity contribution in [1.29, 1.82) is 0 Å². The van der Waals surface area contributed by atoms with Crippen molar-refractivity contribution in [2.24, 2.45) is 16.7 Å². The third kappa shape index (κ3) is 1.08. The van der Waals surface area contributed by atoms with Gasteiger partial charge in [-0.05, 0) is 18.3 Å². The first-order valence-electron chi connectivity index (χ1n) is 5.22. The maximum Gasteiger partial charge on any atom is 0.310 e. The van der Waals surface area contributed by atoms with Crippen LogP contribution in [0.4, 0.5) is 0 Å². The minimum Gasteiger partial charge on any atom is -0.546 e. The Morgan fingerprint density at radius 2 is 2.07 bits per heavy atom. The molecule has 2 fully saturated rings. The Morgan fingerprint density at radius 3 is 2.60 bits per heavy atom. The molecule has 84 valence electrons. The molecule has 0 aromatic rings. The van der Waals surface area contributed by atoms with Gasteiger partial charge >= 0.3 is 5.97 Å². The number of hydrogen-bond donors (Lipinski definition) is 0. The van der Waals surface area contributed by atoms with Gasteiger partial charge in [-0.15, -0.1) is 0 Å². The molecular formula is C11H15O4-. The fraction of sp³-hybridized carbons (Fsp3) is 0.818. The molecule has 4 nitrogen and oxygen atoms in total. The third-order valence-corrected chi connectivity index (χ3v) is 4.61. The highest BCUT2D eigenvalue weighted by atomic mass is 16.6. The maximum absolute atomic E-state index is 11.6. The number of cyclic esters (lactones) is 1. The summed E-state index contributed by atoms with van der Waals surface area (Å²) in [5.74, 6) is -1.83. The highest BCUT2D eigenvalue weighted by Crippen LogP contribution is 2.61. The Morgan fingerprint density at radius 1 is 1.47 bits per heavy atom. The van der Waals surface area contributed by atoms with Crippen molar-refractivity contribution < 1.29 is 19.4 Å². The third-order valence-electron chi connectivity index (χ3n) is 4.61. The van der Waals surface area contributed by atoms with Crippen molar-refractivity contribution in [3.63, 3.8) is 0 Å². The van der Waals surface area contributed by atoms with Gasteiger partial charge in [-0.2, -0.15) is 0 Å². The summed E-state index contributed by atoms with van der Waals surface area (Å²) in [6.07, 6.45) is 0.319. The quantitative estimate of drug-likeness (QED) is 0.577. The largest absolute Gasteiger partial charge is 0.546 e. The van der Waals surface area contributed by atoms with E-state index in [0.29, 0.717) is 12.8 Å². The summed E-state index contributed by atoms with van der Waals surface area (Å²) in [5.41, 5.74) is -0.822. The second-order valence-electron chi connectivity index (χ2n) is 5.37. The molecule has 15 heavy (non-hydrogen) atoms. The number of carbonyl (C=O) groups excluding carboxylic acids is 2. The first-order chi connectivity index (χ1) is 6.80. The molecule has 1 aliphatic carbocycles. The highest BCUT2D eigenvalue weighted by molar-refractivity contribution is 5.82. The van der Waals surface area contributed by atoms with Crippen LogP contribution in [-0.2, 0) is 14.3 Å². The zero-order valence-electron chi connectivity index (χ0n) is 9.20. The molecule has 2 rings (SSSR count). The van der Waals surface area contributed by atoms with Gasteiger partial charge in [0.1, 0.15) is 6.10 Å². The van der Waals surface area contributed by atoms with Crippen LogP contribution in [0.3, 0.4) is 0 Å². The van der Waals surface area contributed by atoms with Crippen molar-refractivity contribution in [3.05, 3.63) is 0 Å². The summed E-state index contributed by atoms with van der Waals surface area (Å²) in [6, 6.07) is 0. The fourth-order valence-electron chi connectivity index (χ4n) is 3.04. The summed E-state index contributed by atoms with van der Waals surface area (Å²) < 4.78 is 4.97. The van der Waals surface area contributed by atoms with Crippen molar-refractivity contribution in [1.82, 2.24) is 0 Å². The molecule has 4 heteroatoms. The average Bonchev–Trinajstić information content (AvgIpc) is 2.28. The Bertz CT molecular complexity index is 333. The van der Waals surface area contributed by atoms with Crippen molar-refractivity contribution >= 4 is 11.9 Å². The number of esters is 1. The van der Waals surface area contributed by atoms with Crippen LogP contribution in [0.25, 0.3) is 0 Å². The molecule has 1 heterocycles. The minimum atomic E-state index is -1.28. The lowest BCUT2D eigenvalue weighted by Crippen LogP contribution is -2.58. The topological polar surface area (TPSA) is 66.4 Å². The van der Waals surface area contributed by atoms with Crippen LogP contribution >= 0.6 is 0 Å². The van der Waals surface area contributed by atoms with Gasteiger partial charge in [-0.1, -0.05) is 20.8 Å². The van der Waals surface area contributed by atoms with Crippen LogP contribution < -0.4 is 5.11 Å². The Labute approximate surface area is 88.6 Å². The van der Waals surface area contributed by atoms with Crippen molar-refractivity contribution in [2.75, 3.05) is 0 Å². The zero-order valence-corrected chi connectivity index (χ0v) is 9.20. The molecule has 1 saturated carbocycles. The van der Waals surface area contributed by atoms with Gasteiger partial charge in [0.2, 0.25) is 0 Å². The Balaban J connectivity index is 2.48. The molecule has 0 unspecified atom stereocenters. The van der Waals surface area contributed by atoms with Crippen LogP contribution in [0.1, 0.15) is 33.6 Å². The Hall–Kier alpha value is -1.06. The molecule has 0 amide bonds. The SMILES string of the molecule is CC1(C)[C@@H]2CC[C@]1(C)[C@H](C(=O)[O-])OC2=O. The van der Waals surface area contributed by atoms with Crippen LogP contribution in [0.2, 0.25) is 0 Å². The summed E-state index contributed by atoms with van der Waals surface area (Å²) in [5, 5.41) is 11.0. The van der Waals surface area contributed by atoms with E-state index in [0.717, 1.165) is 0 Å². The predicted molar refractivity (Wildman–Crippen MR) is 49.5 cm³/mol. The number of carbonyl (C=O) groups is 2. The van der Waals surface area contributed by atoms with E-state index in [1.54, 1.807) is 0 Å². The maximum atomic E-state index is 11.6. The molecule has 0 aromatic heterocycles. The van der Waals surface area contributed by atoms with Gasteiger partial charge in [0.15, 0.2) is 0 Å². The average molecular weight is 211 g/mol. The van der Waals surface area contributed by atoms with Gasteiger partial charge in [0, 0.05) is 5.41 Å². The molecule has 2 aliphatic rings. The predicted octanol–water partition coefficient (Wildman–Crippen LogP) is 0.104. The van der Waals surface area contributed by atoms with E-state index < -0.39 is 17.5 Å². The molecule has 0 spiro atoms. The Kier molecular flexibility index (Phi) is 1.91. The van der Waals surface area contributed by atoms with Crippen LogP contribution in [0.5, 0.6) is 0 Å². The van der Waals surface area contributed by atoms with Gasteiger partial charge in [-0.3, -0.25) is 4.79 Å². The summed E-state index contributed by atoms with van der Waals surface area (Å²) in [4.78, 5) is 22.6. The second-order valence-corrected chi connectivity index (χ2v) is 5.37. The van der Waals surface area contributed by atoms with Crippen LogP contribution in [0, 0.1) is 16.7 Å². The molecule has 1 saturated heterocycles. The van der Waals surface area contributed by atoms with E-state index in [-0.39, 0.29) is 17.3 Å². The fourth-order valence-corrected chi connectivity index (χ4v) is 3.04. The normalized spacial score (nSPS) is 42.5. The number of carboxylic acid groups (broad SMARTS) is 1. The van der Waals surface area contributed by atoms with E-state index >= 15 is 0 Å². The first kappa shape index (κ1) is 10.5. The molecule has 0 N–H and O–H groups in total. The lowest BCUT2D eigenvalue weighted by molar-refractivity contribution is -0.325. The molecular weight excluding hydrogens is 196 g/mol. The number of ether oxygens (including phenoxy) is 1. The van der Waals surface area contributed by atoms with E-state index in [9.17, 15) is 14.7 Å². The molecule has 3 atom stereocenters. The van der Waals surface area contributed by atoms with E-state index in [1.165, 1.54) is 0 Å². The summed E-state index contributed by atoms with van der Waals surface area (Å²) >= 11 is 0. The smallest absolute Gasteiger partial charge is 0.310 e. The van der Waals surface area contributed by atoms with Crippen molar-refractivity contribution in [3.8, 4) is 0 Å². The number of rotatable bonds is 1. The van der Waals surface area contributed by atoms with Gasteiger partial charge in [0.05, 0.1) is 11.9 Å². The molecule has 2 bridgehead atoms. The first-order valence-corrected chi connectivity index (χ1v) is 5.22. The molecule has 0 aromatic carbocycles. The van der Waals surface area contributed by atoms with Crippen LogP contribution in [0.15, 0.2) is 0 Å².